The average molecular weight is 391 g/mol. The number of halogens is 1. The molecule has 0 saturated heterocycles. The van der Waals surface area contributed by atoms with E-state index >= 15 is 0 Å². The number of aromatic amines is 1. The second-order valence-corrected chi connectivity index (χ2v) is 6.86. The highest BCUT2D eigenvalue weighted by Crippen LogP contribution is 2.21. The molecule has 5 nitrogen and oxygen atoms in total. The number of amides is 2. The van der Waals surface area contributed by atoms with Gasteiger partial charge in [-0.15, -0.1) is 0 Å². The molecule has 0 aliphatic heterocycles. The first-order valence-corrected chi connectivity index (χ1v) is 9.40. The van der Waals surface area contributed by atoms with E-state index in [0.29, 0.717) is 10.7 Å². The zero-order valence-electron chi connectivity index (χ0n) is 15.1. The van der Waals surface area contributed by atoms with Crippen molar-refractivity contribution in [1.82, 2.24) is 9.97 Å². The van der Waals surface area contributed by atoms with Gasteiger partial charge in [-0.1, -0.05) is 48.0 Å². The quantitative estimate of drug-likeness (QED) is 0.412. The monoisotopic (exact) mass is 390 g/mol. The van der Waals surface area contributed by atoms with Crippen molar-refractivity contribution in [3.63, 3.8) is 0 Å². The minimum absolute atomic E-state index is 0.330. The van der Waals surface area contributed by atoms with Gasteiger partial charge in [0.1, 0.15) is 5.82 Å². The Kier molecular flexibility index (Phi) is 5.26. The molecule has 3 N–H and O–H groups in total. The molecule has 4 aromatic rings. The number of H-pyrrole nitrogens is 1. The molecule has 0 saturated carbocycles. The predicted molar refractivity (Wildman–Crippen MR) is 114 cm³/mol. The van der Waals surface area contributed by atoms with Gasteiger partial charge in [-0.3, -0.25) is 0 Å². The molecule has 28 heavy (non-hydrogen) atoms. The van der Waals surface area contributed by atoms with Crippen molar-refractivity contribution in [1.29, 1.82) is 0 Å². The molecule has 0 aliphatic rings. The lowest BCUT2D eigenvalue weighted by Gasteiger charge is -2.09. The number of carbonyl (C=O) groups excluding carboxylic acids is 1. The molecule has 0 spiro atoms. The lowest BCUT2D eigenvalue weighted by atomic mass is 10.1. The average Bonchev–Trinajstić information content (AvgIpc) is 3.12. The highest BCUT2D eigenvalue weighted by Gasteiger charge is 2.06. The van der Waals surface area contributed by atoms with Crippen molar-refractivity contribution in [3.05, 3.63) is 89.2 Å². The van der Waals surface area contributed by atoms with Gasteiger partial charge >= 0.3 is 6.03 Å². The van der Waals surface area contributed by atoms with Crippen molar-refractivity contribution in [2.24, 2.45) is 0 Å². The SMILES string of the molecule is O=C(Nc1ccc(CCc2nc3ccccc3[nH]2)cc1)Nc1ccccc1Cl. The summed E-state index contributed by atoms with van der Waals surface area (Å²) in [7, 11) is 0. The number of carbonyl (C=O) groups is 1. The second kappa shape index (κ2) is 8.15. The number of aryl methyl sites for hydroxylation is 2. The number of imidazole rings is 1. The van der Waals surface area contributed by atoms with E-state index in [1.54, 1.807) is 12.1 Å². The molecule has 0 bridgehead atoms. The topological polar surface area (TPSA) is 69.8 Å². The Morgan fingerprint density at radius 1 is 0.893 bits per heavy atom. The van der Waals surface area contributed by atoms with Gasteiger partial charge in [0.25, 0.3) is 0 Å². The standard InChI is InChI=1S/C22H19ClN4O/c23-17-5-1-2-6-18(17)27-22(28)24-16-12-9-15(10-13-16)11-14-21-25-19-7-3-4-8-20(19)26-21/h1-10,12-13H,11,14H2,(H,25,26)(H2,24,27,28). The Morgan fingerprint density at radius 3 is 2.43 bits per heavy atom. The fraction of sp³-hybridized carbons (Fsp3) is 0.0909. The highest BCUT2D eigenvalue weighted by molar-refractivity contribution is 6.33. The summed E-state index contributed by atoms with van der Waals surface area (Å²) in [5.74, 6) is 0.975. The summed E-state index contributed by atoms with van der Waals surface area (Å²) in [6.07, 6.45) is 1.69. The van der Waals surface area contributed by atoms with Crippen molar-refractivity contribution in [2.75, 3.05) is 10.6 Å². The molecule has 6 heteroatoms. The number of anilines is 2. The first kappa shape index (κ1) is 18.1. The molecular weight excluding hydrogens is 372 g/mol. The Morgan fingerprint density at radius 2 is 1.64 bits per heavy atom. The van der Waals surface area contributed by atoms with E-state index in [9.17, 15) is 4.79 Å². The maximum absolute atomic E-state index is 12.1. The number of para-hydroxylation sites is 3. The van der Waals surface area contributed by atoms with Gasteiger partial charge in [0.05, 0.1) is 21.7 Å². The largest absolute Gasteiger partial charge is 0.342 e. The van der Waals surface area contributed by atoms with E-state index in [4.69, 9.17) is 11.6 Å². The molecule has 0 fully saturated rings. The summed E-state index contributed by atoms with van der Waals surface area (Å²) in [4.78, 5) is 20.1. The van der Waals surface area contributed by atoms with Crippen molar-refractivity contribution in [2.45, 2.75) is 12.8 Å². The Hall–Kier alpha value is -3.31. The van der Waals surface area contributed by atoms with Crippen LogP contribution >= 0.6 is 11.6 Å². The zero-order chi connectivity index (χ0) is 19.3. The van der Waals surface area contributed by atoms with Crippen molar-refractivity contribution >= 4 is 40.0 Å². The summed E-state index contributed by atoms with van der Waals surface area (Å²) in [5.41, 5.74) is 4.52. The molecule has 0 aliphatic carbocycles. The van der Waals surface area contributed by atoms with Crippen molar-refractivity contribution < 1.29 is 4.79 Å². The van der Waals surface area contributed by atoms with Crippen LogP contribution in [0.15, 0.2) is 72.8 Å². The number of hydrogen-bond donors (Lipinski definition) is 3. The van der Waals surface area contributed by atoms with E-state index in [1.807, 2.05) is 60.7 Å². The molecule has 140 valence electrons. The Labute approximate surface area is 167 Å². The van der Waals surface area contributed by atoms with E-state index < -0.39 is 0 Å². The zero-order valence-corrected chi connectivity index (χ0v) is 15.8. The lowest BCUT2D eigenvalue weighted by Crippen LogP contribution is -2.19. The third-order valence-electron chi connectivity index (χ3n) is 4.42. The summed E-state index contributed by atoms with van der Waals surface area (Å²) in [6, 6.07) is 22.6. The molecule has 4 rings (SSSR count). The lowest BCUT2D eigenvalue weighted by molar-refractivity contribution is 0.262. The summed E-state index contributed by atoms with van der Waals surface area (Å²) in [6.45, 7) is 0. The highest BCUT2D eigenvalue weighted by atomic mass is 35.5. The minimum Gasteiger partial charge on any atom is -0.342 e. The van der Waals surface area contributed by atoms with Gasteiger partial charge in [-0.25, -0.2) is 9.78 Å². The summed E-state index contributed by atoms with van der Waals surface area (Å²) in [5, 5.41) is 6.05. The molecule has 0 atom stereocenters. The summed E-state index contributed by atoms with van der Waals surface area (Å²) < 4.78 is 0. The van der Waals surface area contributed by atoms with Crippen LogP contribution < -0.4 is 10.6 Å². The van der Waals surface area contributed by atoms with Crippen LogP contribution in [0, 0.1) is 0 Å². The number of nitrogens with one attached hydrogen (secondary N) is 3. The third kappa shape index (κ3) is 4.32. The van der Waals surface area contributed by atoms with E-state index in [-0.39, 0.29) is 6.03 Å². The molecule has 3 aromatic carbocycles. The second-order valence-electron chi connectivity index (χ2n) is 6.46. The van der Waals surface area contributed by atoms with Crippen LogP contribution in [0.4, 0.5) is 16.2 Å². The van der Waals surface area contributed by atoms with Crippen LogP contribution in [0.2, 0.25) is 5.02 Å². The normalized spacial score (nSPS) is 10.8. The molecular formula is C22H19ClN4O. The van der Waals surface area contributed by atoms with Gasteiger partial charge < -0.3 is 15.6 Å². The number of urea groups is 1. The number of rotatable bonds is 5. The van der Waals surface area contributed by atoms with Crippen molar-refractivity contribution in [3.8, 4) is 0 Å². The van der Waals surface area contributed by atoms with Gasteiger partial charge in [-0.05, 0) is 48.4 Å². The molecule has 1 heterocycles. The first-order valence-electron chi connectivity index (χ1n) is 9.02. The van der Waals surface area contributed by atoms with E-state index in [0.717, 1.165) is 35.4 Å². The smallest absolute Gasteiger partial charge is 0.323 e. The number of aromatic nitrogens is 2. The van der Waals surface area contributed by atoms with Crippen LogP contribution in [-0.4, -0.2) is 16.0 Å². The van der Waals surface area contributed by atoms with E-state index in [1.165, 1.54) is 5.56 Å². The van der Waals surface area contributed by atoms with Crippen LogP contribution in [0.1, 0.15) is 11.4 Å². The first-order chi connectivity index (χ1) is 13.7. The number of nitrogens with zero attached hydrogens (tertiary/aromatic N) is 1. The van der Waals surface area contributed by atoms with Gasteiger partial charge in [-0.2, -0.15) is 0 Å². The van der Waals surface area contributed by atoms with Crippen LogP contribution in [0.25, 0.3) is 11.0 Å². The van der Waals surface area contributed by atoms with Crippen LogP contribution in [0.3, 0.4) is 0 Å². The van der Waals surface area contributed by atoms with Crippen LogP contribution in [-0.2, 0) is 12.8 Å². The number of benzene rings is 3. The third-order valence-corrected chi connectivity index (χ3v) is 4.75. The molecule has 0 unspecified atom stereocenters. The molecule has 0 radical (unpaired) electrons. The fourth-order valence-corrected chi connectivity index (χ4v) is 3.17. The number of hydrogen-bond acceptors (Lipinski definition) is 2. The number of fused-ring (bicyclic) bond motifs is 1. The summed E-state index contributed by atoms with van der Waals surface area (Å²) >= 11 is 6.05. The predicted octanol–water partition coefficient (Wildman–Crippen LogP) is 5.65. The Bertz CT molecular complexity index is 1070. The Balaban J connectivity index is 1.33. The fourth-order valence-electron chi connectivity index (χ4n) is 2.99. The van der Waals surface area contributed by atoms with Gasteiger partial charge in [0.15, 0.2) is 0 Å². The van der Waals surface area contributed by atoms with Crippen LogP contribution in [0.5, 0.6) is 0 Å². The minimum atomic E-state index is -0.330. The van der Waals surface area contributed by atoms with E-state index in [2.05, 4.69) is 20.6 Å². The molecule has 1 aromatic heterocycles. The van der Waals surface area contributed by atoms with Gasteiger partial charge in [0, 0.05) is 12.1 Å². The van der Waals surface area contributed by atoms with Gasteiger partial charge in [0.2, 0.25) is 0 Å². The molecule has 2 amide bonds. The maximum atomic E-state index is 12.1. The maximum Gasteiger partial charge on any atom is 0.323 e.